The van der Waals surface area contributed by atoms with E-state index in [1.165, 1.54) is 0 Å². The minimum absolute atomic E-state index is 0.0695. The molecule has 1 N–H and O–H groups in total. The smallest absolute Gasteiger partial charge is 0.0630 e. The van der Waals surface area contributed by atoms with Gasteiger partial charge in [0.2, 0.25) is 0 Å². The molecule has 0 aliphatic carbocycles. The second-order valence-corrected chi connectivity index (χ2v) is 1.56. The molecule has 1 unspecified atom stereocenters. The van der Waals surface area contributed by atoms with Crippen LogP contribution in [-0.4, -0.2) is 19.3 Å². The van der Waals surface area contributed by atoms with Gasteiger partial charge in [-0.05, 0) is 13.8 Å². The van der Waals surface area contributed by atoms with Crippen LogP contribution in [0.3, 0.4) is 0 Å². The summed E-state index contributed by atoms with van der Waals surface area (Å²) in [5, 5.41) is 0. The number of hydrogen-bond donors (Lipinski definition) is 0. The molecule has 1 radical (unpaired) electrons. The molecule has 0 aromatic rings. The lowest BCUT2D eigenvalue weighted by molar-refractivity contribution is 0.135. The van der Waals surface area contributed by atoms with Gasteiger partial charge in [0.1, 0.15) is 0 Å². The fourth-order valence-electron chi connectivity index (χ4n) is 0.295. The maximum Gasteiger partial charge on any atom is 0.0630 e. The molecule has 0 saturated heterocycles. The Hall–Kier alpha value is -0.0800. The van der Waals surface area contributed by atoms with Crippen molar-refractivity contribution in [2.75, 3.05) is 13.2 Å². The van der Waals surface area contributed by atoms with Crippen LogP contribution in [0.1, 0.15) is 13.8 Å². The standard InChI is InChI=1S/C5H12NO/c1-3-7-4-5(2)6/h5-6H,3-4H2,1-2H3. The highest BCUT2D eigenvalue weighted by atomic mass is 16.5. The zero-order valence-corrected chi connectivity index (χ0v) is 4.90. The first kappa shape index (κ1) is 6.92. The second-order valence-electron chi connectivity index (χ2n) is 1.56. The van der Waals surface area contributed by atoms with Crippen molar-refractivity contribution < 1.29 is 4.74 Å². The predicted octanol–water partition coefficient (Wildman–Crippen LogP) is 0.694. The third-order valence-electron chi connectivity index (χ3n) is 0.572. The lowest BCUT2D eigenvalue weighted by atomic mass is 10.4. The number of ether oxygens (including phenoxy) is 1. The van der Waals surface area contributed by atoms with Crippen molar-refractivity contribution in [2.45, 2.75) is 19.9 Å². The van der Waals surface area contributed by atoms with Gasteiger partial charge in [-0.25, -0.2) is 0 Å². The van der Waals surface area contributed by atoms with Crippen molar-refractivity contribution in [3.63, 3.8) is 0 Å². The van der Waals surface area contributed by atoms with Gasteiger partial charge in [-0.2, -0.15) is 0 Å². The normalized spacial score (nSPS) is 14.1. The van der Waals surface area contributed by atoms with Crippen LogP contribution in [-0.2, 0) is 4.74 Å². The molecule has 0 heterocycles. The van der Waals surface area contributed by atoms with Crippen molar-refractivity contribution >= 4 is 0 Å². The Kier molecular flexibility index (Phi) is 4.04. The summed E-state index contributed by atoms with van der Waals surface area (Å²) in [6.45, 7) is 5.04. The van der Waals surface area contributed by atoms with Crippen LogP contribution in [0, 0.1) is 0 Å². The molecule has 43 valence electrons. The Morgan fingerprint density at radius 1 is 1.71 bits per heavy atom. The number of rotatable bonds is 3. The van der Waals surface area contributed by atoms with Crippen LogP contribution in [0.5, 0.6) is 0 Å². The van der Waals surface area contributed by atoms with Crippen LogP contribution in [0.15, 0.2) is 0 Å². The van der Waals surface area contributed by atoms with Gasteiger partial charge in [-0.1, -0.05) is 0 Å². The average Bonchev–Trinajstić information content (AvgIpc) is 1.61. The molecule has 0 saturated carbocycles. The highest BCUT2D eigenvalue weighted by molar-refractivity contribution is 4.45. The van der Waals surface area contributed by atoms with Crippen LogP contribution in [0.4, 0.5) is 0 Å². The fourth-order valence-corrected chi connectivity index (χ4v) is 0.295. The Labute approximate surface area is 44.7 Å². The zero-order chi connectivity index (χ0) is 5.70. The summed E-state index contributed by atoms with van der Waals surface area (Å²) in [6, 6.07) is -0.0695. The van der Waals surface area contributed by atoms with Crippen molar-refractivity contribution in [3.8, 4) is 0 Å². The average molecular weight is 102 g/mol. The number of nitrogens with one attached hydrogen (secondary N) is 1. The van der Waals surface area contributed by atoms with E-state index in [0.29, 0.717) is 6.61 Å². The molecule has 0 aliphatic rings. The van der Waals surface area contributed by atoms with Gasteiger partial charge in [0.05, 0.1) is 6.61 Å². The van der Waals surface area contributed by atoms with E-state index in [0.717, 1.165) is 6.61 Å². The van der Waals surface area contributed by atoms with Gasteiger partial charge >= 0.3 is 0 Å². The van der Waals surface area contributed by atoms with Crippen molar-refractivity contribution in [3.05, 3.63) is 0 Å². The summed E-state index contributed by atoms with van der Waals surface area (Å²) in [5.74, 6) is 0. The molecular weight excluding hydrogens is 90.1 g/mol. The van der Waals surface area contributed by atoms with E-state index in [1.54, 1.807) is 0 Å². The molecule has 0 fully saturated rings. The predicted molar refractivity (Wildman–Crippen MR) is 29.1 cm³/mol. The maximum absolute atomic E-state index is 6.96. The Bertz CT molecular complexity index is 37.1. The lowest BCUT2D eigenvalue weighted by Crippen LogP contribution is -2.11. The minimum atomic E-state index is -0.0695. The number of hydrogen-bond acceptors (Lipinski definition) is 1. The van der Waals surface area contributed by atoms with Gasteiger partial charge < -0.3 is 4.74 Å². The summed E-state index contributed by atoms with van der Waals surface area (Å²) in [6.07, 6.45) is 0. The maximum atomic E-state index is 6.96. The largest absolute Gasteiger partial charge is 0.380 e. The van der Waals surface area contributed by atoms with Crippen molar-refractivity contribution in [2.24, 2.45) is 0 Å². The molecule has 2 heteroatoms. The first-order chi connectivity index (χ1) is 3.27. The van der Waals surface area contributed by atoms with Crippen LogP contribution >= 0.6 is 0 Å². The summed E-state index contributed by atoms with van der Waals surface area (Å²) >= 11 is 0. The van der Waals surface area contributed by atoms with E-state index in [9.17, 15) is 0 Å². The third-order valence-corrected chi connectivity index (χ3v) is 0.572. The monoisotopic (exact) mass is 102 g/mol. The summed E-state index contributed by atoms with van der Waals surface area (Å²) in [5.41, 5.74) is 6.96. The third kappa shape index (κ3) is 5.92. The highest BCUT2D eigenvalue weighted by Crippen LogP contribution is 1.78. The molecule has 0 spiro atoms. The molecule has 1 atom stereocenters. The molecule has 0 aliphatic heterocycles. The van der Waals surface area contributed by atoms with Crippen LogP contribution < -0.4 is 5.73 Å². The summed E-state index contributed by atoms with van der Waals surface area (Å²) in [4.78, 5) is 0. The van der Waals surface area contributed by atoms with E-state index in [2.05, 4.69) is 0 Å². The molecule has 7 heavy (non-hydrogen) atoms. The fraction of sp³-hybridized carbons (Fsp3) is 1.00. The van der Waals surface area contributed by atoms with E-state index >= 15 is 0 Å². The van der Waals surface area contributed by atoms with Gasteiger partial charge in [0.15, 0.2) is 0 Å². The van der Waals surface area contributed by atoms with Gasteiger partial charge in [0.25, 0.3) is 0 Å². The minimum Gasteiger partial charge on any atom is -0.380 e. The van der Waals surface area contributed by atoms with Crippen LogP contribution in [0.2, 0.25) is 0 Å². The molecular formula is C5H12NO. The van der Waals surface area contributed by atoms with Crippen molar-refractivity contribution in [1.29, 1.82) is 0 Å². The second kappa shape index (κ2) is 4.09. The first-order valence-electron chi connectivity index (χ1n) is 2.56. The molecule has 0 bridgehead atoms. The van der Waals surface area contributed by atoms with Gasteiger partial charge in [0, 0.05) is 12.6 Å². The molecule has 0 rings (SSSR count). The van der Waals surface area contributed by atoms with Gasteiger partial charge in [-0.3, -0.25) is 5.73 Å². The van der Waals surface area contributed by atoms with Crippen LogP contribution in [0.25, 0.3) is 0 Å². The van der Waals surface area contributed by atoms with E-state index in [4.69, 9.17) is 10.5 Å². The highest BCUT2D eigenvalue weighted by Gasteiger charge is 1.89. The quantitative estimate of drug-likeness (QED) is 0.516. The summed E-state index contributed by atoms with van der Waals surface area (Å²) in [7, 11) is 0. The summed E-state index contributed by atoms with van der Waals surface area (Å²) < 4.78 is 4.91. The lowest BCUT2D eigenvalue weighted by Gasteiger charge is -2.00. The Morgan fingerprint density at radius 2 is 2.29 bits per heavy atom. The topological polar surface area (TPSA) is 33.0 Å². The van der Waals surface area contributed by atoms with Crippen molar-refractivity contribution in [1.82, 2.24) is 5.73 Å². The Morgan fingerprint density at radius 3 is 2.43 bits per heavy atom. The molecule has 0 aromatic heterocycles. The molecule has 0 aromatic carbocycles. The zero-order valence-electron chi connectivity index (χ0n) is 4.90. The van der Waals surface area contributed by atoms with Gasteiger partial charge in [-0.15, -0.1) is 0 Å². The van der Waals surface area contributed by atoms with E-state index in [1.807, 2.05) is 13.8 Å². The molecule has 2 nitrogen and oxygen atoms in total. The van der Waals surface area contributed by atoms with E-state index < -0.39 is 0 Å². The SMILES string of the molecule is CCOCC(C)[NH]. The Balaban J connectivity index is 2.68. The molecule has 0 amide bonds. The first-order valence-corrected chi connectivity index (χ1v) is 2.56. The van der Waals surface area contributed by atoms with E-state index in [-0.39, 0.29) is 6.04 Å².